The molecule has 0 saturated carbocycles. The third-order valence-electron chi connectivity index (χ3n) is 5.11. The van der Waals surface area contributed by atoms with Gasteiger partial charge in [-0.15, -0.1) is 0 Å². The van der Waals surface area contributed by atoms with Gasteiger partial charge < -0.3 is 5.32 Å². The normalized spacial score (nSPS) is 15.5. The first-order chi connectivity index (χ1) is 12.9. The Hall–Kier alpha value is -2.18. The minimum Gasteiger partial charge on any atom is -0.348 e. The van der Waals surface area contributed by atoms with Crippen molar-refractivity contribution in [3.8, 4) is 0 Å². The van der Waals surface area contributed by atoms with Crippen molar-refractivity contribution in [3.05, 3.63) is 64.7 Å². The van der Waals surface area contributed by atoms with Gasteiger partial charge in [0, 0.05) is 25.2 Å². The van der Waals surface area contributed by atoms with Gasteiger partial charge in [-0.05, 0) is 55.5 Å². The molecule has 0 spiro atoms. The second-order valence-electron chi connectivity index (χ2n) is 7.05. The molecule has 0 radical (unpaired) electrons. The third kappa shape index (κ3) is 4.39. The molecule has 0 atom stereocenters. The van der Waals surface area contributed by atoms with Crippen molar-refractivity contribution in [1.29, 1.82) is 0 Å². The number of aryl methyl sites for hydroxylation is 2. The molecule has 2 aromatic rings. The quantitative estimate of drug-likeness (QED) is 0.856. The standard InChI is InChI=1S/C21H26N2O3S/c1-16-8-4-5-9-18(16)15-22-21(24)20-14-19(11-10-17(20)2)27(25,26)23-12-6-3-7-13-23/h4-5,8-11,14H,3,6-7,12-13,15H2,1-2H3,(H,22,24). The van der Waals surface area contributed by atoms with Crippen molar-refractivity contribution in [3.63, 3.8) is 0 Å². The van der Waals surface area contributed by atoms with E-state index in [2.05, 4.69) is 5.32 Å². The van der Waals surface area contributed by atoms with Crippen LogP contribution in [0.5, 0.6) is 0 Å². The van der Waals surface area contributed by atoms with Gasteiger partial charge in [0.15, 0.2) is 0 Å². The molecule has 2 aromatic carbocycles. The van der Waals surface area contributed by atoms with E-state index in [-0.39, 0.29) is 10.8 Å². The molecule has 0 aliphatic carbocycles. The summed E-state index contributed by atoms with van der Waals surface area (Å²) in [5, 5.41) is 2.91. The SMILES string of the molecule is Cc1ccccc1CNC(=O)c1cc(S(=O)(=O)N2CCCCC2)ccc1C. The van der Waals surface area contributed by atoms with E-state index in [0.717, 1.165) is 36.0 Å². The highest BCUT2D eigenvalue weighted by molar-refractivity contribution is 7.89. The van der Waals surface area contributed by atoms with Gasteiger partial charge in [0.1, 0.15) is 0 Å². The fourth-order valence-electron chi connectivity index (χ4n) is 3.34. The molecule has 5 nitrogen and oxygen atoms in total. The lowest BCUT2D eigenvalue weighted by Gasteiger charge is -2.26. The van der Waals surface area contributed by atoms with Crippen molar-refractivity contribution < 1.29 is 13.2 Å². The molecule has 1 saturated heterocycles. The van der Waals surface area contributed by atoms with E-state index in [1.807, 2.05) is 38.1 Å². The van der Waals surface area contributed by atoms with Crippen molar-refractivity contribution in [2.45, 2.75) is 44.6 Å². The second kappa shape index (κ2) is 8.23. The van der Waals surface area contributed by atoms with Gasteiger partial charge in [0.2, 0.25) is 10.0 Å². The lowest BCUT2D eigenvalue weighted by Crippen LogP contribution is -2.35. The second-order valence-corrected chi connectivity index (χ2v) is 8.99. The molecule has 27 heavy (non-hydrogen) atoms. The molecule has 6 heteroatoms. The zero-order chi connectivity index (χ0) is 19.4. The van der Waals surface area contributed by atoms with Crippen LogP contribution >= 0.6 is 0 Å². The monoisotopic (exact) mass is 386 g/mol. The smallest absolute Gasteiger partial charge is 0.251 e. The molecule has 144 valence electrons. The first-order valence-corrected chi connectivity index (χ1v) is 10.8. The number of benzene rings is 2. The molecule has 0 unspecified atom stereocenters. The third-order valence-corrected chi connectivity index (χ3v) is 7.00. The minimum absolute atomic E-state index is 0.191. The van der Waals surface area contributed by atoms with E-state index >= 15 is 0 Å². The summed E-state index contributed by atoms with van der Waals surface area (Å²) in [4.78, 5) is 12.9. The topological polar surface area (TPSA) is 66.5 Å². The van der Waals surface area contributed by atoms with E-state index in [1.54, 1.807) is 12.1 Å². The highest BCUT2D eigenvalue weighted by Gasteiger charge is 2.27. The average molecular weight is 387 g/mol. The number of nitrogens with zero attached hydrogens (tertiary/aromatic N) is 1. The summed E-state index contributed by atoms with van der Waals surface area (Å²) in [7, 11) is -3.56. The Labute approximate surface area is 161 Å². The maximum Gasteiger partial charge on any atom is 0.251 e. The van der Waals surface area contributed by atoms with E-state index in [9.17, 15) is 13.2 Å². The van der Waals surface area contributed by atoms with Gasteiger partial charge in [-0.25, -0.2) is 8.42 Å². The van der Waals surface area contributed by atoms with Crippen LogP contribution in [0.25, 0.3) is 0 Å². The molecule has 1 heterocycles. The molecule has 0 aromatic heterocycles. The Kier molecular flexibility index (Phi) is 5.97. The number of hydrogen-bond donors (Lipinski definition) is 1. The minimum atomic E-state index is -3.56. The molecule has 1 fully saturated rings. The average Bonchev–Trinajstić information content (AvgIpc) is 2.68. The summed E-state index contributed by atoms with van der Waals surface area (Å²) < 4.78 is 27.3. The Morgan fingerprint density at radius 2 is 1.70 bits per heavy atom. The summed E-state index contributed by atoms with van der Waals surface area (Å²) in [5.74, 6) is -0.258. The maximum atomic E-state index is 12.9. The summed E-state index contributed by atoms with van der Waals surface area (Å²) in [6.45, 7) is 5.32. The summed E-state index contributed by atoms with van der Waals surface area (Å²) >= 11 is 0. The molecule has 1 N–H and O–H groups in total. The number of hydrogen-bond acceptors (Lipinski definition) is 3. The van der Waals surface area contributed by atoms with Crippen LogP contribution in [0, 0.1) is 13.8 Å². The van der Waals surface area contributed by atoms with Gasteiger partial charge >= 0.3 is 0 Å². The molecule has 1 aliphatic heterocycles. The lowest BCUT2D eigenvalue weighted by molar-refractivity contribution is 0.0950. The Morgan fingerprint density at radius 3 is 2.41 bits per heavy atom. The van der Waals surface area contributed by atoms with Crippen LogP contribution in [-0.4, -0.2) is 31.7 Å². The fourth-order valence-corrected chi connectivity index (χ4v) is 4.88. The predicted molar refractivity (Wildman–Crippen MR) is 106 cm³/mol. The van der Waals surface area contributed by atoms with Gasteiger partial charge in [-0.1, -0.05) is 36.8 Å². The summed E-state index contributed by atoms with van der Waals surface area (Å²) in [5.41, 5.74) is 3.31. The van der Waals surface area contributed by atoms with E-state index < -0.39 is 10.0 Å². The van der Waals surface area contributed by atoms with Crippen LogP contribution in [0.1, 0.15) is 46.3 Å². The Morgan fingerprint density at radius 1 is 1.00 bits per heavy atom. The zero-order valence-electron chi connectivity index (χ0n) is 15.9. The van der Waals surface area contributed by atoms with Crippen molar-refractivity contribution in [2.75, 3.05) is 13.1 Å². The number of piperidine rings is 1. The van der Waals surface area contributed by atoms with Crippen molar-refractivity contribution in [2.24, 2.45) is 0 Å². The van der Waals surface area contributed by atoms with Gasteiger partial charge in [-0.3, -0.25) is 4.79 Å². The number of sulfonamides is 1. The molecular formula is C21H26N2O3S. The summed E-state index contributed by atoms with van der Waals surface area (Å²) in [6.07, 6.45) is 2.83. The number of carbonyl (C=O) groups excluding carboxylic acids is 1. The van der Waals surface area contributed by atoms with Crippen LogP contribution in [0.4, 0.5) is 0 Å². The van der Waals surface area contributed by atoms with E-state index in [1.165, 1.54) is 10.4 Å². The first kappa shape index (κ1) is 19.6. The zero-order valence-corrected chi connectivity index (χ0v) is 16.7. The van der Waals surface area contributed by atoms with Crippen LogP contribution in [0.3, 0.4) is 0 Å². The Balaban J connectivity index is 1.80. The number of nitrogens with one attached hydrogen (secondary N) is 1. The molecular weight excluding hydrogens is 360 g/mol. The number of amides is 1. The van der Waals surface area contributed by atoms with Gasteiger partial charge in [0.05, 0.1) is 4.90 Å². The highest BCUT2D eigenvalue weighted by Crippen LogP contribution is 2.23. The van der Waals surface area contributed by atoms with Gasteiger partial charge in [-0.2, -0.15) is 4.31 Å². The first-order valence-electron chi connectivity index (χ1n) is 9.33. The number of carbonyl (C=O) groups is 1. The largest absolute Gasteiger partial charge is 0.348 e. The van der Waals surface area contributed by atoms with Crippen LogP contribution in [0.2, 0.25) is 0 Å². The van der Waals surface area contributed by atoms with Crippen LogP contribution < -0.4 is 5.32 Å². The fraction of sp³-hybridized carbons (Fsp3) is 0.381. The predicted octanol–water partition coefficient (Wildman–Crippen LogP) is 3.41. The van der Waals surface area contributed by atoms with Crippen LogP contribution in [0.15, 0.2) is 47.4 Å². The number of rotatable bonds is 5. The van der Waals surface area contributed by atoms with E-state index in [0.29, 0.717) is 25.2 Å². The molecule has 1 aliphatic rings. The van der Waals surface area contributed by atoms with E-state index in [4.69, 9.17) is 0 Å². The lowest BCUT2D eigenvalue weighted by atomic mass is 10.1. The highest BCUT2D eigenvalue weighted by atomic mass is 32.2. The van der Waals surface area contributed by atoms with Gasteiger partial charge in [0.25, 0.3) is 5.91 Å². The summed E-state index contributed by atoms with van der Waals surface area (Å²) in [6, 6.07) is 12.7. The molecule has 0 bridgehead atoms. The maximum absolute atomic E-state index is 12.9. The molecule has 3 rings (SSSR count). The van der Waals surface area contributed by atoms with Crippen molar-refractivity contribution >= 4 is 15.9 Å². The van der Waals surface area contributed by atoms with Crippen LogP contribution in [-0.2, 0) is 16.6 Å². The Bertz CT molecular complexity index is 932. The molecule has 1 amide bonds. The van der Waals surface area contributed by atoms with Crippen molar-refractivity contribution in [1.82, 2.24) is 9.62 Å².